The summed E-state index contributed by atoms with van der Waals surface area (Å²) in [6, 6.07) is 3.22. The van der Waals surface area contributed by atoms with Crippen molar-refractivity contribution in [3.63, 3.8) is 0 Å². The molecule has 0 aromatic heterocycles. The molecule has 0 bridgehead atoms. The lowest BCUT2D eigenvalue weighted by Crippen LogP contribution is -2.49. The molecule has 0 aromatic carbocycles. The number of nitrogens with one attached hydrogen (secondary N) is 1. The fourth-order valence-corrected chi connectivity index (χ4v) is 2.41. The lowest BCUT2D eigenvalue weighted by atomic mass is 9.93. The molecule has 1 aliphatic rings. The van der Waals surface area contributed by atoms with Crippen molar-refractivity contribution in [3.05, 3.63) is 0 Å². The molecule has 17 heavy (non-hydrogen) atoms. The highest BCUT2D eigenvalue weighted by Crippen LogP contribution is 2.30. The Labute approximate surface area is 106 Å². The van der Waals surface area contributed by atoms with Crippen molar-refractivity contribution in [2.75, 3.05) is 13.6 Å². The summed E-state index contributed by atoms with van der Waals surface area (Å²) < 4.78 is 0. The molecule has 1 aliphatic carbocycles. The van der Waals surface area contributed by atoms with Gasteiger partial charge in [0.1, 0.15) is 5.54 Å². The smallest absolute Gasteiger partial charge is 0.105 e. The van der Waals surface area contributed by atoms with Crippen molar-refractivity contribution in [2.45, 2.75) is 64.6 Å². The summed E-state index contributed by atoms with van der Waals surface area (Å²) in [6.07, 6.45) is 3.65. The Morgan fingerprint density at radius 2 is 2.00 bits per heavy atom. The average molecular weight is 237 g/mol. The number of hydrogen-bond donors (Lipinski definition) is 1. The second-order valence-corrected chi connectivity index (χ2v) is 6.18. The zero-order valence-electron chi connectivity index (χ0n) is 12.0. The average Bonchev–Trinajstić information content (AvgIpc) is 3.00. The van der Waals surface area contributed by atoms with E-state index in [-0.39, 0.29) is 0 Å². The van der Waals surface area contributed by atoms with Crippen LogP contribution in [-0.4, -0.2) is 36.1 Å². The number of nitriles is 1. The summed E-state index contributed by atoms with van der Waals surface area (Å²) >= 11 is 0. The highest BCUT2D eigenvalue weighted by molar-refractivity contribution is 5.06. The van der Waals surface area contributed by atoms with Gasteiger partial charge in [0.2, 0.25) is 0 Å². The molecule has 1 rings (SSSR count). The van der Waals surface area contributed by atoms with Crippen molar-refractivity contribution in [1.82, 2.24) is 10.2 Å². The molecule has 3 heteroatoms. The first-order valence-corrected chi connectivity index (χ1v) is 6.75. The van der Waals surface area contributed by atoms with Gasteiger partial charge < -0.3 is 4.90 Å². The second-order valence-electron chi connectivity index (χ2n) is 6.18. The molecule has 98 valence electrons. The summed E-state index contributed by atoms with van der Waals surface area (Å²) in [6.45, 7) is 9.60. The van der Waals surface area contributed by atoms with Crippen LogP contribution in [0.4, 0.5) is 0 Å². The third kappa shape index (κ3) is 5.06. The van der Waals surface area contributed by atoms with Crippen LogP contribution in [0.1, 0.15) is 47.0 Å². The van der Waals surface area contributed by atoms with E-state index < -0.39 is 5.54 Å². The Morgan fingerprint density at radius 3 is 2.41 bits per heavy atom. The predicted molar refractivity (Wildman–Crippen MR) is 71.7 cm³/mol. The minimum Gasteiger partial charge on any atom is -0.303 e. The van der Waals surface area contributed by atoms with Crippen LogP contribution in [0.15, 0.2) is 0 Å². The Kier molecular flexibility index (Phi) is 4.97. The minimum atomic E-state index is -0.411. The van der Waals surface area contributed by atoms with Gasteiger partial charge in [-0.15, -0.1) is 0 Å². The number of rotatable bonds is 7. The van der Waals surface area contributed by atoms with Gasteiger partial charge in [0, 0.05) is 18.6 Å². The van der Waals surface area contributed by atoms with E-state index in [1.807, 2.05) is 6.92 Å². The maximum atomic E-state index is 9.33. The summed E-state index contributed by atoms with van der Waals surface area (Å²) in [5.41, 5.74) is -0.411. The van der Waals surface area contributed by atoms with E-state index in [2.05, 4.69) is 44.1 Å². The highest BCUT2D eigenvalue weighted by Gasteiger charge is 2.30. The highest BCUT2D eigenvalue weighted by atomic mass is 15.1. The molecule has 1 saturated carbocycles. The molecular formula is C14H27N3. The molecule has 0 heterocycles. The van der Waals surface area contributed by atoms with Crippen molar-refractivity contribution in [3.8, 4) is 6.07 Å². The van der Waals surface area contributed by atoms with Gasteiger partial charge in [-0.05, 0) is 59.9 Å². The van der Waals surface area contributed by atoms with E-state index in [4.69, 9.17) is 0 Å². The van der Waals surface area contributed by atoms with Crippen LogP contribution in [0.5, 0.6) is 0 Å². The van der Waals surface area contributed by atoms with E-state index in [1.165, 1.54) is 19.4 Å². The Bertz CT molecular complexity index is 278. The van der Waals surface area contributed by atoms with Gasteiger partial charge >= 0.3 is 0 Å². The van der Waals surface area contributed by atoms with Crippen LogP contribution in [0, 0.1) is 17.2 Å². The quantitative estimate of drug-likeness (QED) is 0.739. The molecule has 0 amide bonds. The first kappa shape index (κ1) is 14.5. The van der Waals surface area contributed by atoms with E-state index in [0.717, 1.165) is 12.3 Å². The Morgan fingerprint density at radius 1 is 1.41 bits per heavy atom. The van der Waals surface area contributed by atoms with Crippen molar-refractivity contribution < 1.29 is 0 Å². The molecular weight excluding hydrogens is 210 g/mol. The van der Waals surface area contributed by atoms with Crippen LogP contribution < -0.4 is 5.32 Å². The number of nitrogens with zero attached hydrogens (tertiary/aromatic N) is 2. The molecule has 2 unspecified atom stereocenters. The molecule has 0 aliphatic heterocycles. The van der Waals surface area contributed by atoms with E-state index in [0.29, 0.717) is 12.1 Å². The first-order valence-electron chi connectivity index (χ1n) is 6.75. The molecule has 3 nitrogen and oxygen atoms in total. The zero-order chi connectivity index (χ0) is 13.1. The van der Waals surface area contributed by atoms with Gasteiger partial charge in [-0.25, -0.2) is 0 Å². The molecule has 0 radical (unpaired) electrons. The van der Waals surface area contributed by atoms with Crippen molar-refractivity contribution in [2.24, 2.45) is 5.92 Å². The molecule has 1 N–H and O–H groups in total. The van der Waals surface area contributed by atoms with E-state index in [9.17, 15) is 5.26 Å². The van der Waals surface area contributed by atoms with Gasteiger partial charge in [-0.3, -0.25) is 5.32 Å². The molecule has 1 fully saturated rings. The van der Waals surface area contributed by atoms with Crippen LogP contribution in [0.25, 0.3) is 0 Å². The van der Waals surface area contributed by atoms with Gasteiger partial charge in [-0.1, -0.05) is 0 Å². The molecule has 0 saturated heterocycles. The molecule has 2 atom stereocenters. The van der Waals surface area contributed by atoms with Gasteiger partial charge in [0.25, 0.3) is 0 Å². The van der Waals surface area contributed by atoms with Gasteiger partial charge in [0.05, 0.1) is 6.07 Å². The van der Waals surface area contributed by atoms with Gasteiger partial charge in [-0.2, -0.15) is 5.26 Å². The molecule has 0 aromatic rings. The summed E-state index contributed by atoms with van der Waals surface area (Å²) in [4.78, 5) is 2.40. The minimum absolute atomic E-state index is 0.348. The maximum absolute atomic E-state index is 9.33. The topological polar surface area (TPSA) is 39.1 Å². The Balaban J connectivity index is 2.45. The fourth-order valence-electron chi connectivity index (χ4n) is 2.41. The standard InChI is InChI=1S/C14H27N3/c1-11(2)16-14(4,10-15)8-12(3)17(5)9-13-6-7-13/h11-13,16H,6-9H2,1-5H3. The third-order valence-corrected chi connectivity index (χ3v) is 3.55. The first-order chi connectivity index (χ1) is 7.86. The van der Waals surface area contributed by atoms with Crippen LogP contribution in [0.3, 0.4) is 0 Å². The monoisotopic (exact) mass is 237 g/mol. The lowest BCUT2D eigenvalue weighted by Gasteiger charge is -2.33. The summed E-state index contributed by atoms with van der Waals surface area (Å²) in [5.74, 6) is 0.911. The SMILES string of the molecule is CC(C)NC(C)(C#N)CC(C)N(C)CC1CC1. The normalized spacial score (nSPS) is 21.3. The predicted octanol–water partition coefficient (Wildman–Crippen LogP) is 2.39. The largest absolute Gasteiger partial charge is 0.303 e. The Hall–Kier alpha value is -0.590. The third-order valence-electron chi connectivity index (χ3n) is 3.55. The van der Waals surface area contributed by atoms with E-state index in [1.54, 1.807) is 0 Å². The zero-order valence-corrected chi connectivity index (χ0v) is 12.0. The molecule has 0 spiro atoms. The maximum Gasteiger partial charge on any atom is 0.105 e. The van der Waals surface area contributed by atoms with Crippen LogP contribution in [0.2, 0.25) is 0 Å². The summed E-state index contributed by atoms with van der Waals surface area (Å²) in [7, 11) is 2.18. The number of hydrogen-bond acceptors (Lipinski definition) is 3. The van der Waals surface area contributed by atoms with Gasteiger partial charge in [0.15, 0.2) is 0 Å². The van der Waals surface area contributed by atoms with Crippen molar-refractivity contribution >= 4 is 0 Å². The van der Waals surface area contributed by atoms with Crippen LogP contribution >= 0.6 is 0 Å². The fraction of sp³-hybridized carbons (Fsp3) is 0.929. The second kappa shape index (κ2) is 5.84. The van der Waals surface area contributed by atoms with Crippen molar-refractivity contribution in [1.29, 1.82) is 5.26 Å². The van der Waals surface area contributed by atoms with Crippen LogP contribution in [-0.2, 0) is 0 Å². The van der Waals surface area contributed by atoms with E-state index >= 15 is 0 Å². The summed E-state index contributed by atoms with van der Waals surface area (Å²) in [5, 5.41) is 12.7. The lowest BCUT2D eigenvalue weighted by molar-refractivity contribution is 0.202.